The summed E-state index contributed by atoms with van der Waals surface area (Å²) in [6.07, 6.45) is -0.0393. The van der Waals surface area contributed by atoms with Crippen LogP contribution in [0.15, 0.2) is 54.6 Å². The molecule has 3 amide bonds. The largest absolute Gasteiger partial charge is 0.465 e. The van der Waals surface area contributed by atoms with Crippen molar-refractivity contribution in [3.63, 3.8) is 0 Å². The molecule has 212 valence electrons. The van der Waals surface area contributed by atoms with Crippen LogP contribution in [-0.4, -0.2) is 58.3 Å². The van der Waals surface area contributed by atoms with Crippen LogP contribution in [0.3, 0.4) is 0 Å². The molecule has 0 radical (unpaired) electrons. The third-order valence-electron chi connectivity index (χ3n) is 7.50. The number of carboxylic acid groups (broad SMARTS) is 1. The fourth-order valence-electron chi connectivity index (χ4n) is 5.51. The fraction of sp³-hybridized carbons (Fsp3) is 0.500. The van der Waals surface area contributed by atoms with Crippen LogP contribution in [0.1, 0.15) is 64.1 Å². The number of carbonyl (C=O) groups is 3. The van der Waals surface area contributed by atoms with Crippen molar-refractivity contribution in [1.29, 1.82) is 0 Å². The molecule has 1 saturated heterocycles. The van der Waals surface area contributed by atoms with Gasteiger partial charge in [-0.2, -0.15) is 0 Å². The highest BCUT2D eigenvalue weighted by molar-refractivity contribution is 6.30. The molecule has 2 aromatic rings. The molecule has 0 unspecified atom stereocenters. The average molecular weight is 558 g/mol. The SMILES string of the molecule is CC(C)C[C@@H](C(=O)N[C@H](CO)C[C@@H]1CCNC1=O)N(C(=O)O)[C@@H](c1ccccc1)C(C)(C)c1cccc(Cl)c1. The lowest BCUT2D eigenvalue weighted by atomic mass is 9.73. The smallest absolute Gasteiger partial charge is 0.408 e. The highest BCUT2D eigenvalue weighted by Gasteiger charge is 2.45. The molecule has 0 saturated carbocycles. The Hall–Kier alpha value is -3.10. The molecule has 39 heavy (non-hydrogen) atoms. The van der Waals surface area contributed by atoms with E-state index in [1.54, 1.807) is 6.07 Å². The van der Waals surface area contributed by atoms with Crippen LogP contribution in [0.25, 0.3) is 0 Å². The quantitative estimate of drug-likeness (QED) is 0.300. The van der Waals surface area contributed by atoms with Crippen LogP contribution in [-0.2, 0) is 15.0 Å². The second-order valence-corrected chi connectivity index (χ2v) is 11.7. The zero-order valence-electron chi connectivity index (χ0n) is 23.1. The minimum absolute atomic E-state index is 0.00138. The summed E-state index contributed by atoms with van der Waals surface area (Å²) >= 11 is 6.33. The van der Waals surface area contributed by atoms with Crippen molar-refractivity contribution in [3.05, 3.63) is 70.7 Å². The van der Waals surface area contributed by atoms with E-state index in [0.717, 1.165) is 11.1 Å². The van der Waals surface area contributed by atoms with Gasteiger partial charge in [-0.1, -0.05) is 81.8 Å². The van der Waals surface area contributed by atoms with E-state index in [9.17, 15) is 24.6 Å². The van der Waals surface area contributed by atoms with E-state index in [0.29, 0.717) is 18.0 Å². The van der Waals surface area contributed by atoms with Gasteiger partial charge in [0.05, 0.1) is 18.7 Å². The highest BCUT2D eigenvalue weighted by Crippen LogP contribution is 2.43. The molecule has 4 atom stereocenters. The molecular formula is C30H40ClN3O5. The minimum atomic E-state index is -1.23. The zero-order chi connectivity index (χ0) is 28.7. The second kappa shape index (κ2) is 13.3. The molecule has 1 heterocycles. The van der Waals surface area contributed by atoms with Crippen molar-refractivity contribution in [2.24, 2.45) is 11.8 Å². The van der Waals surface area contributed by atoms with Gasteiger partial charge in [-0.05, 0) is 48.4 Å². The Balaban J connectivity index is 2.05. The number of hydrogen-bond donors (Lipinski definition) is 4. The van der Waals surface area contributed by atoms with Gasteiger partial charge in [-0.15, -0.1) is 0 Å². The minimum Gasteiger partial charge on any atom is -0.465 e. The Bertz CT molecular complexity index is 1140. The predicted octanol–water partition coefficient (Wildman–Crippen LogP) is 4.76. The Kier molecular flexibility index (Phi) is 10.4. The summed E-state index contributed by atoms with van der Waals surface area (Å²) in [5.74, 6) is -0.894. The summed E-state index contributed by atoms with van der Waals surface area (Å²) in [6.45, 7) is 7.99. The van der Waals surface area contributed by atoms with Crippen molar-refractivity contribution in [2.45, 2.75) is 70.5 Å². The number of aliphatic hydroxyl groups is 1. The lowest BCUT2D eigenvalue weighted by Gasteiger charge is -2.45. The first-order chi connectivity index (χ1) is 18.4. The number of aliphatic hydroxyl groups excluding tert-OH is 1. The van der Waals surface area contributed by atoms with Gasteiger partial charge >= 0.3 is 6.09 Å². The monoisotopic (exact) mass is 557 g/mol. The molecule has 4 N–H and O–H groups in total. The molecule has 1 fully saturated rings. The van der Waals surface area contributed by atoms with Crippen LogP contribution in [0.5, 0.6) is 0 Å². The van der Waals surface area contributed by atoms with Crippen molar-refractivity contribution < 1.29 is 24.6 Å². The van der Waals surface area contributed by atoms with Gasteiger partial charge in [0.1, 0.15) is 6.04 Å². The van der Waals surface area contributed by atoms with Crippen LogP contribution >= 0.6 is 11.6 Å². The molecule has 0 aromatic heterocycles. The third kappa shape index (κ3) is 7.51. The molecule has 1 aliphatic rings. The van der Waals surface area contributed by atoms with E-state index >= 15 is 0 Å². The topological polar surface area (TPSA) is 119 Å². The van der Waals surface area contributed by atoms with E-state index < -0.39 is 35.5 Å². The maximum Gasteiger partial charge on any atom is 0.408 e. The van der Waals surface area contributed by atoms with E-state index in [4.69, 9.17) is 11.6 Å². The molecule has 1 aliphatic heterocycles. The highest BCUT2D eigenvalue weighted by atomic mass is 35.5. The van der Waals surface area contributed by atoms with Crippen molar-refractivity contribution in [3.8, 4) is 0 Å². The molecular weight excluding hydrogens is 518 g/mol. The van der Waals surface area contributed by atoms with Crippen molar-refractivity contribution in [2.75, 3.05) is 13.2 Å². The van der Waals surface area contributed by atoms with Gasteiger partial charge < -0.3 is 20.8 Å². The van der Waals surface area contributed by atoms with Gasteiger partial charge in [-0.25, -0.2) is 4.79 Å². The Morgan fingerprint density at radius 2 is 1.85 bits per heavy atom. The molecule has 2 aromatic carbocycles. The summed E-state index contributed by atoms with van der Waals surface area (Å²) in [7, 11) is 0. The Morgan fingerprint density at radius 3 is 2.38 bits per heavy atom. The molecule has 0 spiro atoms. The van der Waals surface area contributed by atoms with Crippen molar-refractivity contribution >= 4 is 29.5 Å². The number of nitrogens with zero attached hydrogens (tertiary/aromatic N) is 1. The van der Waals surface area contributed by atoms with Crippen LogP contribution in [0.2, 0.25) is 5.02 Å². The molecule has 8 nitrogen and oxygen atoms in total. The standard InChI is InChI=1S/C30H40ClN3O5/c1-19(2)15-25(28(37)33-24(18-35)16-21-13-14-32-27(21)36)34(29(38)39)26(20-9-6-5-7-10-20)30(3,4)22-11-8-12-23(31)17-22/h5-12,17,19,21,24-26,35H,13-16,18H2,1-4H3,(H,32,36)(H,33,37)(H,38,39)/t21-,24-,25-,26-/m0/s1. The van der Waals surface area contributed by atoms with Gasteiger partial charge in [0.2, 0.25) is 11.8 Å². The number of benzene rings is 2. The lowest BCUT2D eigenvalue weighted by Crippen LogP contribution is -2.56. The number of nitrogens with one attached hydrogen (secondary N) is 2. The fourth-order valence-corrected chi connectivity index (χ4v) is 5.70. The zero-order valence-corrected chi connectivity index (χ0v) is 23.8. The molecule has 3 rings (SSSR count). The molecule has 0 bridgehead atoms. The number of amides is 3. The first kappa shape index (κ1) is 30.4. The first-order valence-electron chi connectivity index (χ1n) is 13.5. The Morgan fingerprint density at radius 1 is 1.15 bits per heavy atom. The lowest BCUT2D eigenvalue weighted by molar-refractivity contribution is -0.130. The van der Waals surface area contributed by atoms with E-state index in [-0.39, 0.29) is 37.2 Å². The maximum absolute atomic E-state index is 13.9. The summed E-state index contributed by atoms with van der Waals surface area (Å²) in [5.41, 5.74) is 0.797. The van der Waals surface area contributed by atoms with Crippen LogP contribution in [0, 0.1) is 11.8 Å². The van der Waals surface area contributed by atoms with Crippen molar-refractivity contribution in [1.82, 2.24) is 15.5 Å². The molecule has 9 heteroatoms. The van der Waals surface area contributed by atoms with Gasteiger partial charge in [0, 0.05) is 22.9 Å². The normalized spacial score (nSPS) is 17.8. The van der Waals surface area contributed by atoms with E-state index in [1.807, 2.05) is 76.2 Å². The summed E-state index contributed by atoms with van der Waals surface area (Å²) in [4.78, 5) is 40.3. The average Bonchev–Trinajstić information content (AvgIpc) is 3.29. The predicted molar refractivity (Wildman–Crippen MR) is 152 cm³/mol. The van der Waals surface area contributed by atoms with Crippen LogP contribution < -0.4 is 10.6 Å². The first-order valence-corrected chi connectivity index (χ1v) is 13.8. The maximum atomic E-state index is 13.9. The second-order valence-electron chi connectivity index (χ2n) is 11.3. The number of hydrogen-bond acceptors (Lipinski definition) is 4. The van der Waals surface area contributed by atoms with Crippen LogP contribution in [0.4, 0.5) is 4.79 Å². The summed E-state index contributed by atoms with van der Waals surface area (Å²) < 4.78 is 0. The van der Waals surface area contributed by atoms with E-state index in [1.165, 1.54) is 4.90 Å². The Labute approximate surface area is 235 Å². The van der Waals surface area contributed by atoms with E-state index in [2.05, 4.69) is 10.6 Å². The number of carbonyl (C=O) groups excluding carboxylic acids is 2. The van der Waals surface area contributed by atoms with Gasteiger partial charge in [-0.3, -0.25) is 14.5 Å². The molecule has 0 aliphatic carbocycles. The summed E-state index contributed by atoms with van der Waals surface area (Å²) in [6, 6.07) is 14.2. The van der Waals surface area contributed by atoms with Gasteiger partial charge in [0.25, 0.3) is 0 Å². The summed E-state index contributed by atoms with van der Waals surface area (Å²) in [5, 5.41) is 26.9. The number of rotatable bonds is 12. The van der Waals surface area contributed by atoms with Gasteiger partial charge in [0.15, 0.2) is 0 Å². The third-order valence-corrected chi connectivity index (χ3v) is 7.73. The number of halogens is 1.